The number of hydrogen-bond donors (Lipinski definition) is 0. The molecular weight excluding hydrogens is 322 g/mol. The summed E-state index contributed by atoms with van der Waals surface area (Å²) in [6, 6.07) is 0. The molecule has 0 aliphatic carbocycles. The average Bonchev–Trinajstić information content (AvgIpc) is 2.82. The number of amides is 2. The van der Waals surface area contributed by atoms with Crippen LogP contribution < -0.4 is 0 Å². The number of imide groups is 1. The van der Waals surface area contributed by atoms with Crippen LogP contribution in [0.3, 0.4) is 0 Å². The number of carbonyl (C=O) groups is 5. The Hall–Kier alpha value is -2.71. The first-order valence-corrected chi connectivity index (χ1v) is 7.36. The van der Waals surface area contributed by atoms with Gasteiger partial charge in [0.1, 0.15) is 6.61 Å². The lowest BCUT2D eigenvalue weighted by atomic mass is 10.2. The summed E-state index contributed by atoms with van der Waals surface area (Å²) in [5.41, 5.74) is 0. The maximum Gasteiger partial charge on any atom is 0.516 e. The molecule has 0 fully saturated rings. The van der Waals surface area contributed by atoms with Gasteiger partial charge in [0.25, 0.3) is 11.8 Å². The monoisotopic (exact) mass is 341 g/mol. The van der Waals surface area contributed by atoms with E-state index in [2.05, 4.69) is 9.47 Å². The quantitative estimate of drug-likeness (QED) is 0.357. The fraction of sp³-hybridized carbons (Fsp3) is 0.533. The second-order valence-corrected chi connectivity index (χ2v) is 5.31. The topological polar surface area (TPSA) is 116 Å². The summed E-state index contributed by atoms with van der Waals surface area (Å²) < 4.78 is 13.8. The third-order valence-corrected chi connectivity index (χ3v) is 2.74. The first-order chi connectivity index (χ1) is 11.3. The van der Waals surface area contributed by atoms with Gasteiger partial charge in [0.15, 0.2) is 0 Å². The maximum atomic E-state index is 11.4. The minimum atomic E-state index is -1.11. The number of ether oxygens (including phenoxy) is 3. The van der Waals surface area contributed by atoms with Gasteiger partial charge >= 0.3 is 18.1 Å². The third-order valence-electron chi connectivity index (χ3n) is 2.74. The lowest BCUT2D eigenvalue weighted by molar-refractivity contribution is -0.150. The zero-order chi connectivity index (χ0) is 18.1. The molecule has 0 aromatic rings. The Morgan fingerprint density at radius 1 is 1.00 bits per heavy atom. The van der Waals surface area contributed by atoms with Crippen LogP contribution in [-0.4, -0.2) is 54.6 Å². The molecule has 0 N–H and O–H groups in total. The van der Waals surface area contributed by atoms with Gasteiger partial charge in [-0.05, 0) is 5.92 Å². The molecule has 0 bridgehead atoms. The molecule has 1 aliphatic rings. The van der Waals surface area contributed by atoms with Crippen molar-refractivity contribution in [3.05, 3.63) is 12.2 Å². The van der Waals surface area contributed by atoms with Gasteiger partial charge in [-0.3, -0.25) is 24.1 Å². The highest BCUT2D eigenvalue weighted by molar-refractivity contribution is 6.12. The molecule has 0 radical (unpaired) electrons. The first kappa shape index (κ1) is 19.3. The first-order valence-electron chi connectivity index (χ1n) is 7.36. The van der Waals surface area contributed by atoms with E-state index in [0.717, 1.165) is 17.1 Å². The Bertz CT molecular complexity index is 534. The number of hydrogen-bond acceptors (Lipinski definition) is 8. The van der Waals surface area contributed by atoms with Crippen molar-refractivity contribution in [3.8, 4) is 0 Å². The second kappa shape index (κ2) is 9.43. The van der Waals surface area contributed by atoms with Gasteiger partial charge in [-0.2, -0.15) is 0 Å². The summed E-state index contributed by atoms with van der Waals surface area (Å²) in [5.74, 6) is -2.46. The average molecular weight is 341 g/mol. The summed E-state index contributed by atoms with van der Waals surface area (Å²) in [5, 5.41) is 0. The third kappa shape index (κ3) is 7.03. The smallest absolute Gasteiger partial charge is 0.464 e. The van der Waals surface area contributed by atoms with Crippen LogP contribution in [0.1, 0.15) is 26.7 Å². The van der Waals surface area contributed by atoms with Crippen molar-refractivity contribution in [2.24, 2.45) is 5.92 Å². The van der Waals surface area contributed by atoms with E-state index in [1.807, 2.05) is 13.8 Å². The van der Waals surface area contributed by atoms with E-state index in [9.17, 15) is 24.0 Å². The summed E-state index contributed by atoms with van der Waals surface area (Å²) in [6.07, 6.45) is 0.493. The molecule has 0 spiro atoms. The SMILES string of the molecule is CC(C)COC(=O)OC(=O)CCC(=O)OCCN1C(=O)C=CC1=O. The van der Waals surface area contributed by atoms with Crippen LogP contribution in [0.15, 0.2) is 12.2 Å². The molecule has 0 saturated carbocycles. The largest absolute Gasteiger partial charge is 0.516 e. The summed E-state index contributed by atoms with van der Waals surface area (Å²) in [4.78, 5) is 57.3. The van der Waals surface area contributed by atoms with E-state index in [0.29, 0.717) is 0 Å². The standard InChI is InChI=1S/C15H19NO8/c1-10(2)9-23-15(21)24-14(20)6-5-13(19)22-8-7-16-11(17)3-4-12(16)18/h3-4,10H,5-9H2,1-2H3. The Balaban J connectivity index is 2.15. The minimum Gasteiger partial charge on any atom is -0.464 e. The summed E-state index contributed by atoms with van der Waals surface area (Å²) in [7, 11) is 0. The number of rotatable bonds is 8. The lowest BCUT2D eigenvalue weighted by Gasteiger charge is -2.13. The van der Waals surface area contributed by atoms with Crippen LogP contribution in [0.4, 0.5) is 4.79 Å². The normalized spacial score (nSPS) is 13.4. The van der Waals surface area contributed by atoms with Crippen molar-refractivity contribution in [1.29, 1.82) is 0 Å². The summed E-state index contributed by atoms with van der Waals surface area (Å²) in [6.45, 7) is 3.53. The van der Waals surface area contributed by atoms with Gasteiger partial charge < -0.3 is 14.2 Å². The highest BCUT2D eigenvalue weighted by Gasteiger charge is 2.23. The maximum absolute atomic E-state index is 11.4. The van der Waals surface area contributed by atoms with E-state index in [-0.39, 0.29) is 38.5 Å². The van der Waals surface area contributed by atoms with E-state index >= 15 is 0 Å². The van der Waals surface area contributed by atoms with Gasteiger partial charge in [0.2, 0.25) is 0 Å². The molecule has 9 nitrogen and oxygen atoms in total. The molecule has 132 valence electrons. The van der Waals surface area contributed by atoms with Gasteiger partial charge in [-0.25, -0.2) is 4.79 Å². The Kier molecular flexibility index (Phi) is 7.60. The molecule has 1 rings (SSSR count). The fourth-order valence-electron chi connectivity index (χ4n) is 1.59. The highest BCUT2D eigenvalue weighted by atomic mass is 16.7. The molecule has 2 amide bonds. The van der Waals surface area contributed by atoms with Gasteiger partial charge in [0.05, 0.1) is 26.0 Å². The summed E-state index contributed by atoms with van der Waals surface area (Å²) >= 11 is 0. The van der Waals surface area contributed by atoms with Crippen LogP contribution in [0, 0.1) is 5.92 Å². The van der Waals surface area contributed by atoms with E-state index in [1.165, 1.54) is 0 Å². The minimum absolute atomic E-state index is 0.0671. The van der Waals surface area contributed by atoms with Gasteiger partial charge in [-0.15, -0.1) is 0 Å². The Morgan fingerprint density at radius 3 is 2.17 bits per heavy atom. The van der Waals surface area contributed by atoms with E-state index in [1.54, 1.807) is 0 Å². The molecule has 0 aromatic carbocycles. The van der Waals surface area contributed by atoms with Crippen LogP contribution in [0.2, 0.25) is 0 Å². The van der Waals surface area contributed by atoms with Crippen molar-refractivity contribution < 1.29 is 38.2 Å². The highest BCUT2D eigenvalue weighted by Crippen LogP contribution is 2.04. The molecule has 0 saturated heterocycles. The molecule has 1 aliphatic heterocycles. The van der Waals surface area contributed by atoms with Crippen molar-refractivity contribution in [2.75, 3.05) is 19.8 Å². The molecule has 9 heteroatoms. The van der Waals surface area contributed by atoms with E-state index < -0.39 is 29.9 Å². The predicted molar refractivity (Wildman–Crippen MR) is 78.3 cm³/mol. The second-order valence-electron chi connectivity index (χ2n) is 5.31. The van der Waals surface area contributed by atoms with Gasteiger partial charge in [0, 0.05) is 12.2 Å². The van der Waals surface area contributed by atoms with Crippen molar-refractivity contribution >= 4 is 29.9 Å². The lowest BCUT2D eigenvalue weighted by Crippen LogP contribution is -2.33. The van der Waals surface area contributed by atoms with Crippen LogP contribution >= 0.6 is 0 Å². The molecule has 24 heavy (non-hydrogen) atoms. The predicted octanol–water partition coefficient (Wildman–Crippen LogP) is 0.571. The zero-order valence-electron chi connectivity index (χ0n) is 13.5. The van der Waals surface area contributed by atoms with Crippen molar-refractivity contribution in [3.63, 3.8) is 0 Å². The van der Waals surface area contributed by atoms with Crippen LogP contribution in [0.25, 0.3) is 0 Å². The number of carbonyl (C=O) groups excluding carboxylic acids is 5. The molecule has 1 heterocycles. The van der Waals surface area contributed by atoms with Crippen LogP contribution in [0.5, 0.6) is 0 Å². The van der Waals surface area contributed by atoms with Gasteiger partial charge in [-0.1, -0.05) is 13.8 Å². The zero-order valence-corrected chi connectivity index (χ0v) is 13.5. The molecule has 0 unspecified atom stereocenters. The van der Waals surface area contributed by atoms with Crippen LogP contribution in [-0.2, 0) is 33.4 Å². The fourth-order valence-corrected chi connectivity index (χ4v) is 1.59. The molecule has 0 atom stereocenters. The van der Waals surface area contributed by atoms with Crippen molar-refractivity contribution in [2.45, 2.75) is 26.7 Å². The Morgan fingerprint density at radius 2 is 1.58 bits per heavy atom. The molecular formula is C15H19NO8. The Labute approximate surface area is 138 Å². The van der Waals surface area contributed by atoms with Crippen molar-refractivity contribution in [1.82, 2.24) is 4.90 Å². The number of nitrogens with zero attached hydrogens (tertiary/aromatic N) is 1. The van der Waals surface area contributed by atoms with E-state index in [4.69, 9.17) is 4.74 Å². The number of esters is 2. The molecule has 0 aromatic heterocycles.